The Balaban J connectivity index is 2.02. The Hall–Kier alpha value is -3.52. The van der Waals surface area contributed by atoms with Gasteiger partial charge in [-0.25, -0.2) is 0 Å². The van der Waals surface area contributed by atoms with E-state index in [4.69, 9.17) is 14.2 Å². The van der Waals surface area contributed by atoms with Gasteiger partial charge in [0.2, 0.25) is 0 Å². The van der Waals surface area contributed by atoms with Gasteiger partial charge in [-0.05, 0) is 81.4 Å². The zero-order valence-electron chi connectivity index (χ0n) is 23.9. The molecule has 0 aliphatic carbocycles. The van der Waals surface area contributed by atoms with Gasteiger partial charge in [0.05, 0.1) is 31.9 Å². The molecule has 2 aromatic carbocycles. The number of carbonyl (C=O) groups excluding carboxylic acids is 2. The van der Waals surface area contributed by atoms with E-state index >= 15 is 0 Å². The van der Waals surface area contributed by atoms with Gasteiger partial charge in [0.25, 0.3) is 11.7 Å². The van der Waals surface area contributed by atoms with Crippen molar-refractivity contribution < 1.29 is 28.9 Å². The van der Waals surface area contributed by atoms with Crippen LogP contribution in [-0.4, -0.2) is 73.1 Å². The molecule has 0 aromatic heterocycles. The molecule has 1 N–H and O–H groups in total. The molecule has 39 heavy (non-hydrogen) atoms. The first kappa shape index (κ1) is 30.0. The molecule has 2 aromatic rings. The number of unbranched alkanes of at least 4 members (excludes halogenated alkanes) is 1. The molecule has 8 nitrogen and oxygen atoms in total. The number of hydrogen-bond acceptors (Lipinski definition) is 7. The second kappa shape index (κ2) is 14.6. The largest absolute Gasteiger partial charge is 0.507 e. The molecule has 0 spiro atoms. The van der Waals surface area contributed by atoms with Crippen molar-refractivity contribution in [2.45, 2.75) is 53.0 Å². The average Bonchev–Trinajstić information content (AvgIpc) is 3.21. The fraction of sp³-hybridized carbons (Fsp3) is 0.484. The van der Waals surface area contributed by atoms with Gasteiger partial charge in [0.15, 0.2) is 11.5 Å². The van der Waals surface area contributed by atoms with E-state index in [-0.39, 0.29) is 11.3 Å². The van der Waals surface area contributed by atoms with E-state index in [0.29, 0.717) is 54.6 Å². The second-order valence-electron chi connectivity index (χ2n) is 9.44. The Kier molecular flexibility index (Phi) is 11.2. The highest BCUT2D eigenvalue weighted by Gasteiger charge is 2.46. The van der Waals surface area contributed by atoms with Crippen molar-refractivity contribution in [2.24, 2.45) is 0 Å². The van der Waals surface area contributed by atoms with Crippen LogP contribution in [0.5, 0.6) is 17.2 Å². The molecule has 1 atom stereocenters. The van der Waals surface area contributed by atoms with Crippen molar-refractivity contribution >= 4 is 17.4 Å². The van der Waals surface area contributed by atoms with Crippen LogP contribution in [0, 0.1) is 0 Å². The van der Waals surface area contributed by atoms with E-state index < -0.39 is 17.7 Å². The SMILES string of the molecule is CCCCOc1ccc(C(O)=C2C(=O)C(=O)N(CCCN(CC)CC)[C@@H]2c2ccc(OCC)c(OC)c2)cc1. The van der Waals surface area contributed by atoms with Gasteiger partial charge in [-0.15, -0.1) is 0 Å². The van der Waals surface area contributed by atoms with Crippen molar-refractivity contribution in [3.05, 3.63) is 59.2 Å². The van der Waals surface area contributed by atoms with E-state index in [1.165, 1.54) is 0 Å². The van der Waals surface area contributed by atoms with Crippen LogP contribution in [0.4, 0.5) is 0 Å². The Labute approximate surface area is 232 Å². The van der Waals surface area contributed by atoms with Crippen LogP contribution in [0.2, 0.25) is 0 Å². The van der Waals surface area contributed by atoms with Crippen LogP contribution in [-0.2, 0) is 9.59 Å². The standard InChI is InChI=1S/C31H42N2O6/c1-6-10-20-39-24-15-12-22(13-16-24)29(34)27-28(23-14-17-25(38-9-4)26(21-23)37-5)33(31(36)30(27)35)19-11-18-32(7-2)8-3/h12-17,21,28,34H,6-11,18-20H2,1-5H3/t28-/m1/s1. The van der Waals surface area contributed by atoms with Crippen molar-refractivity contribution in [3.8, 4) is 17.2 Å². The third kappa shape index (κ3) is 7.12. The number of carbonyl (C=O) groups is 2. The van der Waals surface area contributed by atoms with Crippen LogP contribution in [0.15, 0.2) is 48.0 Å². The molecule has 3 rings (SSSR count). The third-order valence-corrected chi connectivity index (χ3v) is 7.01. The van der Waals surface area contributed by atoms with Gasteiger partial charge < -0.3 is 29.1 Å². The van der Waals surface area contributed by atoms with E-state index in [2.05, 4.69) is 25.7 Å². The number of rotatable bonds is 15. The van der Waals surface area contributed by atoms with E-state index in [1.54, 1.807) is 48.4 Å². The third-order valence-electron chi connectivity index (χ3n) is 7.01. The number of ether oxygens (including phenoxy) is 3. The normalized spacial score (nSPS) is 16.7. The molecule has 0 unspecified atom stereocenters. The van der Waals surface area contributed by atoms with Crippen molar-refractivity contribution in [1.82, 2.24) is 9.80 Å². The maximum Gasteiger partial charge on any atom is 0.295 e. The van der Waals surface area contributed by atoms with Gasteiger partial charge in [0, 0.05) is 12.1 Å². The maximum absolute atomic E-state index is 13.4. The predicted octanol–water partition coefficient (Wildman–Crippen LogP) is 5.43. The number of ketones is 1. The zero-order valence-corrected chi connectivity index (χ0v) is 23.9. The maximum atomic E-state index is 13.4. The number of nitrogens with zero attached hydrogens (tertiary/aromatic N) is 2. The van der Waals surface area contributed by atoms with Crippen LogP contribution < -0.4 is 14.2 Å². The fourth-order valence-electron chi connectivity index (χ4n) is 4.79. The summed E-state index contributed by atoms with van der Waals surface area (Å²) in [5.41, 5.74) is 1.17. The van der Waals surface area contributed by atoms with Gasteiger partial charge in [-0.1, -0.05) is 33.3 Å². The van der Waals surface area contributed by atoms with Gasteiger partial charge >= 0.3 is 0 Å². The molecule has 1 aliphatic rings. The first-order chi connectivity index (χ1) is 18.9. The Morgan fingerprint density at radius 2 is 1.67 bits per heavy atom. The van der Waals surface area contributed by atoms with Gasteiger partial charge in [-0.3, -0.25) is 9.59 Å². The topological polar surface area (TPSA) is 88.5 Å². The summed E-state index contributed by atoms with van der Waals surface area (Å²) in [5, 5.41) is 11.4. The molecule has 0 saturated carbocycles. The Morgan fingerprint density at radius 3 is 2.28 bits per heavy atom. The Morgan fingerprint density at radius 1 is 0.949 bits per heavy atom. The number of Topliss-reactive ketones (excluding diaryl/α,β-unsaturated/α-hetero) is 1. The highest BCUT2D eigenvalue weighted by molar-refractivity contribution is 6.46. The van der Waals surface area contributed by atoms with Crippen molar-refractivity contribution in [2.75, 3.05) is 46.5 Å². The molecule has 1 saturated heterocycles. The lowest BCUT2D eigenvalue weighted by Gasteiger charge is -2.27. The van der Waals surface area contributed by atoms with E-state index in [9.17, 15) is 14.7 Å². The van der Waals surface area contributed by atoms with Gasteiger partial charge in [0.1, 0.15) is 11.5 Å². The van der Waals surface area contributed by atoms with E-state index in [1.807, 2.05) is 13.0 Å². The highest BCUT2D eigenvalue weighted by Crippen LogP contribution is 2.42. The number of hydrogen-bond donors (Lipinski definition) is 1. The van der Waals surface area contributed by atoms with Crippen molar-refractivity contribution in [3.63, 3.8) is 0 Å². The highest BCUT2D eigenvalue weighted by atomic mass is 16.5. The number of methoxy groups -OCH3 is 1. The number of likely N-dealkylation sites (tertiary alicyclic amines) is 1. The summed E-state index contributed by atoms with van der Waals surface area (Å²) in [7, 11) is 1.55. The summed E-state index contributed by atoms with van der Waals surface area (Å²) in [5.74, 6) is 0.227. The van der Waals surface area contributed by atoms with Gasteiger partial charge in [-0.2, -0.15) is 0 Å². The summed E-state index contributed by atoms with van der Waals surface area (Å²) in [6.45, 7) is 12.3. The summed E-state index contributed by atoms with van der Waals surface area (Å²) in [4.78, 5) is 30.5. The van der Waals surface area contributed by atoms with Crippen LogP contribution in [0.25, 0.3) is 5.76 Å². The summed E-state index contributed by atoms with van der Waals surface area (Å²) >= 11 is 0. The lowest BCUT2D eigenvalue weighted by molar-refractivity contribution is -0.140. The number of aliphatic hydroxyl groups excluding tert-OH is 1. The molecule has 1 amide bonds. The molecule has 0 radical (unpaired) electrons. The molecule has 212 valence electrons. The number of amides is 1. The monoisotopic (exact) mass is 538 g/mol. The molecule has 1 aliphatic heterocycles. The first-order valence-electron chi connectivity index (χ1n) is 13.9. The predicted molar refractivity (Wildman–Crippen MR) is 152 cm³/mol. The summed E-state index contributed by atoms with van der Waals surface area (Å²) in [6.07, 6.45) is 2.68. The van der Waals surface area contributed by atoms with Crippen LogP contribution in [0.3, 0.4) is 0 Å². The Bertz CT molecular complexity index is 1140. The molecule has 1 heterocycles. The molecule has 1 fully saturated rings. The van der Waals surface area contributed by atoms with E-state index in [0.717, 1.165) is 32.5 Å². The first-order valence-corrected chi connectivity index (χ1v) is 13.9. The quantitative estimate of drug-likeness (QED) is 0.140. The van der Waals surface area contributed by atoms with Crippen molar-refractivity contribution in [1.29, 1.82) is 0 Å². The molecular weight excluding hydrogens is 496 g/mol. The fourth-order valence-corrected chi connectivity index (χ4v) is 4.79. The lowest BCUT2D eigenvalue weighted by atomic mass is 9.95. The molecule has 8 heteroatoms. The minimum absolute atomic E-state index is 0.0636. The summed E-state index contributed by atoms with van der Waals surface area (Å²) in [6, 6.07) is 11.6. The molecular formula is C31H42N2O6. The lowest BCUT2D eigenvalue weighted by Crippen LogP contribution is -2.33. The number of aliphatic hydroxyl groups is 1. The second-order valence-corrected chi connectivity index (χ2v) is 9.44. The van der Waals surface area contributed by atoms with Crippen LogP contribution in [0.1, 0.15) is 64.1 Å². The van der Waals surface area contributed by atoms with Crippen LogP contribution >= 0.6 is 0 Å². The summed E-state index contributed by atoms with van der Waals surface area (Å²) < 4.78 is 17.0. The smallest absolute Gasteiger partial charge is 0.295 e. The number of benzene rings is 2. The minimum atomic E-state index is -0.758. The average molecular weight is 539 g/mol. The zero-order chi connectivity index (χ0) is 28.4. The minimum Gasteiger partial charge on any atom is -0.507 e. The molecule has 0 bridgehead atoms.